The molecule has 1 saturated heterocycles. The first kappa shape index (κ1) is 17.9. The van der Waals surface area contributed by atoms with Crippen molar-refractivity contribution >= 4 is 46.3 Å². The van der Waals surface area contributed by atoms with Crippen LogP contribution >= 0.6 is 24.0 Å². The van der Waals surface area contributed by atoms with Crippen LogP contribution in [0, 0.1) is 0 Å². The number of rotatable bonds is 5. The van der Waals surface area contributed by atoms with E-state index in [0.29, 0.717) is 20.5 Å². The molecule has 25 heavy (non-hydrogen) atoms. The highest BCUT2D eigenvalue weighted by Gasteiger charge is 2.37. The molecule has 1 heterocycles. The summed E-state index contributed by atoms with van der Waals surface area (Å²) in [6, 6.07) is 7.27. The number of thioether (sulfide) groups is 1. The minimum absolute atomic E-state index is 0.0602. The number of thiocarbonyl (C=S) groups is 1. The number of carbonyl (C=O) groups is 2. The van der Waals surface area contributed by atoms with Crippen LogP contribution in [0.4, 0.5) is 0 Å². The second kappa shape index (κ2) is 8.01. The largest absolute Gasteiger partial charge is 0.481 e. The van der Waals surface area contributed by atoms with Gasteiger partial charge in [-0.1, -0.05) is 61.4 Å². The van der Waals surface area contributed by atoms with Crippen LogP contribution in [0.15, 0.2) is 29.2 Å². The average molecular weight is 377 g/mol. The third-order valence-electron chi connectivity index (χ3n) is 4.32. The zero-order chi connectivity index (χ0) is 17.8. The standard InChI is InChI=1S/C18H19NO4S2/c20-16(21)11-23-14-9-5-4-6-12(14)10-15-17(22)19(18(24)25-15)13-7-2-1-3-8-13/h4-6,9-10,13H,1-3,7-8,11H2,(H,20,21)/b15-10-. The molecule has 0 unspecified atom stereocenters. The minimum Gasteiger partial charge on any atom is -0.481 e. The van der Waals surface area contributed by atoms with Gasteiger partial charge in [-0.15, -0.1) is 0 Å². The summed E-state index contributed by atoms with van der Waals surface area (Å²) in [5.41, 5.74) is 0.674. The van der Waals surface area contributed by atoms with Crippen LogP contribution in [0.2, 0.25) is 0 Å². The van der Waals surface area contributed by atoms with Gasteiger partial charge in [0.15, 0.2) is 6.61 Å². The molecule has 2 fully saturated rings. The first-order valence-electron chi connectivity index (χ1n) is 8.27. The van der Waals surface area contributed by atoms with Gasteiger partial charge < -0.3 is 9.84 Å². The lowest BCUT2D eigenvalue weighted by Crippen LogP contribution is -2.39. The molecule has 0 atom stereocenters. The summed E-state index contributed by atoms with van der Waals surface area (Å²) in [7, 11) is 0. The summed E-state index contributed by atoms with van der Waals surface area (Å²) >= 11 is 6.73. The molecule has 0 radical (unpaired) electrons. The molecule has 0 bridgehead atoms. The van der Waals surface area contributed by atoms with E-state index in [2.05, 4.69) is 0 Å². The molecule has 0 aromatic heterocycles. The Bertz CT molecular complexity index is 726. The van der Waals surface area contributed by atoms with Gasteiger partial charge in [0.25, 0.3) is 5.91 Å². The highest BCUT2D eigenvalue weighted by molar-refractivity contribution is 8.26. The van der Waals surface area contributed by atoms with Gasteiger partial charge in [-0.2, -0.15) is 0 Å². The molecule has 1 saturated carbocycles. The van der Waals surface area contributed by atoms with E-state index in [-0.39, 0.29) is 11.9 Å². The van der Waals surface area contributed by atoms with Crippen molar-refractivity contribution in [1.29, 1.82) is 0 Å². The van der Waals surface area contributed by atoms with Gasteiger partial charge in [-0.05, 0) is 25.0 Å². The fourth-order valence-electron chi connectivity index (χ4n) is 3.15. The monoisotopic (exact) mass is 377 g/mol. The minimum atomic E-state index is -1.04. The van der Waals surface area contributed by atoms with Crippen molar-refractivity contribution in [2.75, 3.05) is 6.61 Å². The van der Waals surface area contributed by atoms with Gasteiger partial charge >= 0.3 is 5.97 Å². The maximum Gasteiger partial charge on any atom is 0.341 e. The van der Waals surface area contributed by atoms with Crippen molar-refractivity contribution in [2.24, 2.45) is 0 Å². The van der Waals surface area contributed by atoms with Crippen LogP contribution in [-0.2, 0) is 9.59 Å². The molecule has 1 N–H and O–H groups in total. The maximum atomic E-state index is 12.8. The second-order valence-corrected chi connectivity index (χ2v) is 7.74. The molecule has 2 aliphatic rings. The summed E-state index contributed by atoms with van der Waals surface area (Å²) in [4.78, 5) is 25.8. The lowest BCUT2D eigenvalue weighted by Gasteiger charge is -2.29. The van der Waals surface area contributed by atoms with Gasteiger partial charge in [0, 0.05) is 11.6 Å². The van der Waals surface area contributed by atoms with Crippen LogP contribution in [0.1, 0.15) is 37.7 Å². The molecular formula is C18H19NO4S2. The second-order valence-electron chi connectivity index (χ2n) is 6.06. The number of hydrogen-bond acceptors (Lipinski definition) is 5. The SMILES string of the molecule is O=C(O)COc1ccccc1/C=C1\SC(=S)N(C2CCCCC2)C1=O. The molecule has 1 aliphatic carbocycles. The van der Waals surface area contributed by atoms with E-state index in [1.807, 2.05) is 6.07 Å². The van der Waals surface area contributed by atoms with Crippen LogP contribution in [0.25, 0.3) is 6.08 Å². The highest BCUT2D eigenvalue weighted by atomic mass is 32.2. The van der Waals surface area contributed by atoms with Crippen LogP contribution in [0.3, 0.4) is 0 Å². The van der Waals surface area contributed by atoms with E-state index in [9.17, 15) is 9.59 Å². The predicted octanol–water partition coefficient (Wildman–Crippen LogP) is 3.68. The zero-order valence-electron chi connectivity index (χ0n) is 13.6. The predicted molar refractivity (Wildman–Crippen MR) is 101 cm³/mol. The van der Waals surface area contributed by atoms with Crippen LogP contribution < -0.4 is 4.74 Å². The number of amides is 1. The summed E-state index contributed by atoms with van der Waals surface area (Å²) in [5.74, 6) is -0.666. The summed E-state index contributed by atoms with van der Waals surface area (Å²) in [5, 5.41) is 8.78. The lowest BCUT2D eigenvalue weighted by atomic mass is 9.94. The fourth-order valence-corrected chi connectivity index (χ4v) is 4.54. The van der Waals surface area contributed by atoms with Gasteiger partial charge in [-0.3, -0.25) is 9.69 Å². The van der Waals surface area contributed by atoms with E-state index in [4.69, 9.17) is 22.1 Å². The molecule has 1 aromatic carbocycles. The number of carboxylic acid groups (broad SMARTS) is 1. The third-order valence-corrected chi connectivity index (χ3v) is 5.65. The van der Waals surface area contributed by atoms with E-state index in [1.165, 1.54) is 18.2 Å². The summed E-state index contributed by atoms with van der Waals surface area (Å²) < 4.78 is 5.91. The Morgan fingerprint density at radius 1 is 1.32 bits per heavy atom. The smallest absolute Gasteiger partial charge is 0.341 e. The number of nitrogens with zero attached hydrogens (tertiary/aromatic N) is 1. The average Bonchev–Trinajstić information content (AvgIpc) is 2.88. The topological polar surface area (TPSA) is 66.8 Å². The summed E-state index contributed by atoms with van der Waals surface area (Å²) in [6.07, 6.45) is 7.21. The molecule has 0 spiro atoms. The number of para-hydroxylation sites is 1. The van der Waals surface area contributed by atoms with E-state index in [1.54, 1.807) is 29.2 Å². The molecule has 132 valence electrons. The molecule has 5 nitrogen and oxygen atoms in total. The van der Waals surface area contributed by atoms with Gasteiger partial charge in [0.05, 0.1) is 4.91 Å². The van der Waals surface area contributed by atoms with Gasteiger partial charge in [0.2, 0.25) is 0 Å². The molecule has 7 heteroatoms. The number of hydrogen-bond donors (Lipinski definition) is 1. The van der Waals surface area contributed by atoms with Crippen molar-refractivity contribution in [3.05, 3.63) is 34.7 Å². The Labute approximate surface area is 156 Å². The quantitative estimate of drug-likeness (QED) is 0.624. The number of carboxylic acids is 1. The van der Waals surface area contributed by atoms with Crippen LogP contribution in [-0.4, -0.2) is 38.9 Å². The van der Waals surface area contributed by atoms with Crippen molar-refractivity contribution in [3.8, 4) is 5.75 Å². The normalized spacial score (nSPS) is 20.3. The Morgan fingerprint density at radius 2 is 2.04 bits per heavy atom. The molecule has 1 amide bonds. The molecule has 1 aliphatic heterocycles. The number of aliphatic carboxylic acids is 1. The van der Waals surface area contributed by atoms with E-state index >= 15 is 0 Å². The number of carbonyl (C=O) groups excluding carboxylic acids is 1. The Morgan fingerprint density at radius 3 is 2.76 bits per heavy atom. The van der Waals surface area contributed by atoms with E-state index < -0.39 is 12.6 Å². The third kappa shape index (κ3) is 4.22. The zero-order valence-corrected chi connectivity index (χ0v) is 15.3. The Balaban J connectivity index is 1.81. The fraction of sp³-hybridized carbons (Fsp3) is 0.389. The number of ether oxygens (including phenoxy) is 1. The molecular weight excluding hydrogens is 358 g/mol. The molecule has 3 rings (SSSR count). The Hall–Kier alpha value is -1.86. The van der Waals surface area contributed by atoms with E-state index in [0.717, 1.165) is 25.7 Å². The first-order valence-corrected chi connectivity index (χ1v) is 9.49. The van der Waals surface area contributed by atoms with Crippen molar-refractivity contribution in [3.63, 3.8) is 0 Å². The van der Waals surface area contributed by atoms with Crippen molar-refractivity contribution in [2.45, 2.75) is 38.1 Å². The van der Waals surface area contributed by atoms with Crippen molar-refractivity contribution in [1.82, 2.24) is 4.90 Å². The first-order chi connectivity index (χ1) is 12.1. The van der Waals surface area contributed by atoms with Gasteiger partial charge in [0.1, 0.15) is 10.1 Å². The number of benzene rings is 1. The van der Waals surface area contributed by atoms with Crippen LogP contribution in [0.5, 0.6) is 5.75 Å². The highest BCUT2D eigenvalue weighted by Crippen LogP contribution is 2.38. The molecule has 1 aromatic rings. The van der Waals surface area contributed by atoms with Crippen molar-refractivity contribution < 1.29 is 19.4 Å². The summed E-state index contributed by atoms with van der Waals surface area (Å²) in [6.45, 7) is -0.423. The van der Waals surface area contributed by atoms with Gasteiger partial charge in [-0.25, -0.2) is 4.79 Å². The maximum absolute atomic E-state index is 12.8. The Kier molecular flexibility index (Phi) is 5.75. The lowest BCUT2D eigenvalue weighted by molar-refractivity contribution is -0.139.